The van der Waals surface area contributed by atoms with E-state index in [9.17, 15) is 9.59 Å². The van der Waals surface area contributed by atoms with Crippen LogP contribution < -0.4 is 5.32 Å². The van der Waals surface area contributed by atoms with E-state index >= 15 is 0 Å². The number of hydrogen-bond donors (Lipinski definition) is 2. The van der Waals surface area contributed by atoms with Crippen LogP contribution in [0.1, 0.15) is 40.0 Å². The summed E-state index contributed by atoms with van der Waals surface area (Å²) in [7, 11) is 0. The molecule has 0 fully saturated rings. The fourth-order valence-electron chi connectivity index (χ4n) is 1.00. The molecule has 0 saturated carbocycles. The second-order valence-electron chi connectivity index (χ2n) is 3.59. The van der Waals surface area contributed by atoms with Crippen LogP contribution in [0, 0.1) is 5.92 Å². The molecule has 14 heavy (non-hydrogen) atoms. The second kappa shape index (κ2) is 6.40. The number of aliphatic carboxylic acids is 1. The van der Waals surface area contributed by atoms with Crippen LogP contribution in [-0.4, -0.2) is 23.0 Å². The lowest BCUT2D eigenvalue weighted by atomic mass is 10.0. The quantitative estimate of drug-likeness (QED) is 0.682. The van der Waals surface area contributed by atoms with Crippen molar-refractivity contribution in [1.29, 1.82) is 0 Å². The van der Waals surface area contributed by atoms with Gasteiger partial charge in [-0.15, -0.1) is 0 Å². The van der Waals surface area contributed by atoms with Crippen molar-refractivity contribution in [3.8, 4) is 0 Å². The third-order valence-electron chi connectivity index (χ3n) is 2.29. The standard InChI is InChI=1S/C10H19NO3/c1-4-5-6-9(12)11-8(3)7(2)10(13)14/h7-8H,4-6H2,1-3H3,(H,11,12)(H,13,14). The molecule has 0 aromatic heterocycles. The van der Waals surface area contributed by atoms with Gasteiger partial charge in [-0.2, -0.15) is 0 Å². The Balaban J connectivity index is 3.86. The van der Waals surface area contributed by atoms with E-state index in [0.717, 1.165) is 12.8 Å². The van der Waals surface area contributed by atoms with Crippen LogP contribution in [0.5, 0.6) is 0 Å². The molecule has 82 valence electrons. The third kappa shape index (κ3) is 4.84. The predicted molar refractivity (Wildman–Crippen MR) is 53.9 cm³/mol. The van der Waals surface area contributed by atoms with Crippen LogP contribution in [0.2, 0.25) is 0 Å². The molecule has 2 unspecified atom stereocenters. The van der Waals surface area contributed by atoms with E-state index in [2.05, 4.69) is 5.32 Å². The van der Waals surface area contributed by atoms with Crippen molar-refractivity contribution in [2.75, 3.05) is 0 Å². The van der Waals surface area contributed by atoms with Gasteiger partial charge < -0.3 is 10.4 Å². The summed E-state index contributed by atoms with van der Waals surface area (Å²) in [6.45, 7) is 5.31. The highest BCUT2D eigenvalue weighted by Crippen LogP contribution is 2.03. The monoisotopic (exact) mass is 201 g/mol. The SMILES string of the molecule is CCCCC(=O)NC(C)C(C)C(=O)O. The average molecular weight is 201 g/mol. The molecule has 0 aromatic carbocycles. The molecule has 1 amide bonds. The zero-order valence-electron chi connectivity index (χ0n) is 9.04. The molecule has 0 bridgehead atoms. The molecule has 4 nitrogen and oxygen atoms in total. The Labute approximate surface area is 84.7 Å². The lowest BCUT2D eigenvalue weighted by molar-refractivity contribution is -0.142. The molecule has 0 aromatic rings. The van der Waals surface area contributed by atoms with Crippen LogP contribution >= 0.6 is 0 Å². The van der Waals surface area contributed by atoms with E-state index in [1.165, 1.54) is 0 Å². The Morgan fingerprint density at radius 1 is 1.36 bits per heavy atom. The molecule has 0 aliphatic rings. The fraction of sp³-hybridized carbons (Fsp3) is 0.800. The second-order valence-corrected chi connectivity index (χ2v) is 3.59. The Bertz CT molecular complexity index is 204. The minimum atomic E-state index is -0.881. The van der Waals surface area contributed by atoms with Crippen molar-refractivity contribution < 1.29 is 14.7 Å². The first-order chi connectivity index (χ1) is 6.49. The molecule has 0 radical (unpaired) electrons. The highest BCUT2D eigenvalue weighted by Gasteiger charge is 2.20. The number of amides is 1. The Kier molecular flexibility index (Phi) is 5.92. The van der Waals surface area contributed by atoms with Gasteiger partial charge in [0.15, 0.2) is 0 Å². The summed E-state index contributed by atoms with van der Waals surface area (Å²) in [6.07, 6.45) is 2.30. The lowest BCUT2D eigenvalue weighted by Gasteiger charge is -2.17. The topological polar surface area (TPSA) is 66.4 Å². The molecule has 2 N–H and O–H groups in total. The molecule has 0 saturated heterocycles. The van der Waals surface area contributed by atoms with E-state index in [4.69, 9.17) is 5.11 Å². The zero-order chi connectivity index (χ0) is 11.1. The number of hydrogen-bond acceptors (Lipinski definition) is 2. The maximum absolute atomic E-state index is 11.2. The number of nitrogens with one attached hydrogen (secondary N) is 1. The van der Waals surface area contributed by atoms with E-state index in [-0.39, 0.29) is 11.9 Å². The van der Waals surface area contributed by atoms with E-state index in [1.807, 2.05) is 6.92 Å². The van der Waals surface area contributed by atoms with Gasteiger partial charge in [0, 0.05) is 12.5 Å². The zero-order valence-corrected chi connectivity index (χ0v) is 9.04. The molecular weight excluding hydrogens is 182 g/mol. The summed E-state index contributed by atoms with van der Waals surface area (Å²) in [6, 6.07) is -0.308. The Hall–Kier alpha value is -1.06. The molecule has 0 heterocycles. The summed E-state index contributed by atoms with van der Waals surface area (Å²) in [5.41, 5.74) is 0. The molecule has 0 rings (SSSR count). The largest absolute Gasteiger partial charge is 0.481 e. The van der Waals surface area contributed by atoms with Gasteiger partial charge in [0.25, 0.3) is 0 Å². The fourth-order valence-corrected chi connectivity index (χ4v) is 1.00. The van der Waals surface area contributed by atoms with Gasteiger partial charge in [0.05, 0.1) is 5.92 Å². The molecule has 2 atom stereocenters. The van der Waals surface area contributed by atoms with Crippen LogP contribution in [0.4, 0.5) is 0 Å². The minimum Gasteiger partial charge on any atom is -0.481 e. The molecule has 0 aliphatic carbocycles. The number of rotatable bonds is 6. The summed E-state index contributed by atoms with van der Waals surface area (Å²) < 4.78 is 0. The van der Waals surface area contributed by atoms with Gasteiger partial charge in [-0.05, 0) is 20.3 Å². The maximum Gasteiger partial charge on any atom is 0.308 e. The van der Waals surface area contributed by atoms with Crippen molar-refractivity contribution in [3.63, 3.8) is 0 Å². The van der Waals surface area contributed by atoms with Crippen molar-refractivity contribution in [1.82, 2.24) is 5.32 Å². The van der Waals surface area contributed by atoms with Crippen molar-refractivity contribution in [2.24, 2.45) is 5.92 Å². The number of carbonyl (C=O) groups is 2. The van der Waals surface area contributed by atoms with Gasteiger partial charge >= 0.3 is 5.97 Å². The Morgan fingerprint density at radius 3 is 2.36 bits per heavy atom. The third-order valence-corrected chi connectivity index (χ3v) is 2.29. The van der Waals surface area contributed by atoms with Crippen LogP contribution in [-0.2, 0) is 9.59 Å². The van der Waals surface area contributed by atoms with Crippen LogP contribution in [0.15, 0.2) is 0 Å². The summed E-state index contributed by atoms with van der Waals surface area (Å²) >= 11 is 0. The minimum absolute atomic E-state index is 0.0625. The van der Waals surface area contributed by atoms with Crippen LogP contribution in [0.3, 0.4) is 0 Å². The maximum atomic E-state index is 11.2. The summed E-state index contributed by atoms with van der Waals surface area (Å²) in [4.78, 5) is 21.8. The molecule has 0 aliphatic heterocycles. The van der Waals surface area contributed by atoms with Gasteiger partial charge in [-0.25, -0.2) is 0 Å². The number of carboxylic acids is 1. The first kappa shape index (κ1) is 12.9. The van der Waals surface area contributed by atoms with Gasteiger partial charge in [-0.1, -0.05) is 13.3 Å². The van der Waals surface area contributed by atoms with Gasteiger partial charge in [0.2, 0.25) is 5.91 Å². The normalized spacial score (nSPS) is 14.5. The highest BCUT2D eigenvalue weighted by molar-refractivity contribution is 5.77. The number of unbranched alkanes of at least 4 members (excludes halogenated alkanes) is 1. The average Bonchev–Trinajstić information content (AvgIpc) is 2.13. The Morgan fingerprint density at radius 2 is 1.93 bits per heavy atom. The van der Waals surface area contributed by atoms with Crippen LogP contribution in [0.25, 0.3) is 0 Å². The number of carbonyl (C=O) groups excluding carboxylic acids is 1. The summed E-state index contributed by atoms with van der Waals surface area (Å²) in [5, 5.41) is 11.4. The van der Waals surface area contributed by atoms with E-state index in [0.29, 0.717) is 6.42 Å². The predicted octanol–water partition coefficient (Wildman–Crippen LogP) is 1.40. The summed E-state index contributed by atoms with van der Waals surface area (Å²) in [5.74, 6) is -1.48. The first-order valence-electron chi connectivity index (χ1n) is 5.01. The molecule has 0 spiro atoms. The van der Waals surface area contributed by atoms with Crippen molar-refractivity contribution in [3.05, 3.63) is 0 Å². The van der Waals surface area contributed by atoms with E-state index < -0.39 is 11.9 Å². The highest BCUT2D eigenvalue weighted by atomic mass is 16.4. The van der Waals surface area contributed by atoms with Crippen molar-refractivity contribution >= 4 is 11.9 Å². The lowest BCUT2D eigenvalue weighted by Crippen LogP contribution is -2.39. The van der Waals surface area contributed by atoms with Gasteiger partial charge in [0.1, 0.15) is 0 Å². The number of carboxylic acid groups (broad SMARTS) is 1. The van der Waals surface area contributed by atoms with E-state index in [1.54, 1.807) is 13.8 Å². The van der Waals surface area contributed by atoms with Gasteiger partial charge in [-0.3, -0.25) is 9.59 Å². The molecule has 4 heteroatoms. The van der Waals surface area contributed by atoms with Crippen molar-refractivity contribution in [2.45, 2.75) is 46.1 Å². The first-order valence-corrected chi connectivity index (χ1v) is 5.01. The smallest absolute Gasteiger partial charge is 0.308 e. The molecular formula is C10H19NO3.